The number of rotatable bonds is 9. The fraction of sp³-hybridized carbons (Fsp3) is 0.237. The van der Waals surface area contributed by atoms with Crippen LogP contribution in [-0.2, 0) is 10.2 Å². The summed E-state index contributed by atoms with van der Waals surface area (Å²) < 4.78 is 19.4. The second-order valence-corrected chi connectivity index (χ2v) is 11.6. The average Bonchev–Trinajstić information content (AvgIpc) is 3.62. The van der Waals surface area contributed by atoms with Gasteiger partial charge >= 0.3 is 5.69 Å². The van der Waals surface area contributed by atoms with E-state index in [1.807, 2.05) is 78.9 Å². The van der Waals surface area contributed by atoms with E-state index in [4.69, 9.17) is 14.2 Å². The minimum absolute atomic E-state index is 0.219. The average molecular weight is 633 g/mol. The van der Waals surface area contributed by atoms with Crippen LogP contribution in [0.5, 0.6) is 11.5 Å². The van der Waals surface area contributed by atoms with Crippen LogP contribution in [-0.4, -0.2) is 46.6 Å². The maximum atomic E-state index is 13.7. The van der Waals surface area contributed by atoms with Gasteiger partial charge in [0, 0.05) is 17.3 Å². The van der Waals surface area contributed by atoms with E-state index in [1.165, 1.54) is 10.8 Å². The number of aliphatic hydroxyl groups is 1. The Morgan fingerprint density at radius 2 is 1.30 bits per heavy atom. The van der Waals surface area contributed by atoms with Crippen LogP contribution in [0.25, 0.3) is 0 Å². The van der Waals surface area contributed by atoms with Crippen LogP contribution < -0.4 is 20.7 Å². The van der Waals surface area contributed by atoms with E-state index in [-0.39, 0.29) is 11.1 Å². The molecular formula is C38H36N2O7. The van der Waals surface area contributed by atoms with Crippen LogP contribution in [0.4, 0.5) is 0 Å². The van der Waals surface area contributed by atoms with E-state index >= 15 is 0 Å². The Morgan fingerprint density at radius 3 is 1.83 bits per heavy atom. The second-order valence-electron chi connectivity index (χ2n) is 11.6. The molecule has 0 saturated carbocycles. The number of benzene rings is 4. The highest BCUT2D eigenvalue weighted by atomic mass is 16.5. The van der Waals surface area contributed by atoms with Gasteiger partial charge in [-0.15, -0.1) is 0 Å². The Kier molecular flexibility index (Phi) is 8.93. The SMILES string of the molecule is COc1ccc(C(c2ccccc2)(c2ccc(OC)cc2)C(O)[C@@H]2CC[C@H](n3cc(C)c(=O)n(C(=O)c4ccccc4)c3=O)O2)cc1. The second kappa shape index (κ2) is 13.2. The number of ether oxygens (including phenoxy) is 3. The molecule has 1 fully saturated rings. The third-order valence-electron chi connectivity index (χ3n) is 8.97. The lowest BCUT2D eigenvalue weighted by molar-refractivity contribution is -0.0759. The molecule has 1 aromatic heterocycles. The highest BCUT2D eigenvalue weighted by Gasteiger charge is 2.49. The van der Waals surface area contributed by atoms with Crippen molar-refractivity contribution < 1.29 is 24.1 Å². The Balaban J connectivity index is 1.44. The summed E-state index contributed by atoms with van der Waals surface area (Å²) in [6.07, 6.45) is -0.488. The van der Waals surface area contributed by atoms with Crippen molar-refractivity contribution in [3.8, 4) is 11.5 Å². The van der Waals surface area contributed by atoms with Crippen molar-refractivity contribution >= 4 is 5.91 Å². The summed E-state index contributed by atoms with van der Waals surface area (Å²) >= 11 is 0. The molecule has 0 bridgehead atoms. The van der Waals surface area contributed by atoms with Crippen molar-refractivity contribution in [1.29, 1.82) is 0 Å². The number of hydrogen-bond acceptors (Lipinski definition) is 7. The van der Waals surface area contributed by atoms with Crippen molar-refractivity contribution in [2.24, 2.45) is 0 Å². The van der Waals surface area contributed by atoms with Crippen LogP contribution in [0.3, 0.4) is 0 Å². The Hall–Kier alpha value is -5.25. The molecule has 1 N–H and O–H groups in total. The number of carbonyl (C=O) groups is 1. The minimum Gasteiger partial charge on any atom is -0.497 e. The summed E-state index contributed by atoms with van der Waals surface area (Å²) in [6, 6.07) is 33.1. The molecule has 5 aromatic rings. The largest absolute Gasteiger partial charge is 0.497 e. The van der Waals surface area contributed by atoms with Gasteiger partial charge in [-0.1, -0.05) is 72.8 Å². The van der Waals surface area contributed by atoms with E-state index in [0.717, 1.165) is 16.7 Å². The van der Waals surface area contributed by atoms with Crippen molar-refractivity contribution in [2.45, 2.75) is 43.6 Å². The van der Waals surface area contributed by atoms with E-state index in [2.05, 4.69) is 0 Å². The zero-order chi connectivity index (χ0) is 33.1. The zero-order valence-electron chi connectivity index (χ0n) is 26.4. The predicted molar refractivity (Wildman–Crippen MR) is 177 cm³/mol. The first kappa shape index (κ1) is 31.7. The van der Waals surface area contributed by atoms with Crippen LogP contribution in [0.1, 0.15) is 51.7 Å². The number of methoxy groups -OCH3 is 2. The highest BCUT2D eigenvalue weighted by Crippen LogP contribution is 2.47. The van der Waals surface area contributed by atoms with Gasteiger partial charge < -0.3 is 19.3 Å². The molecule has 9 heteroatoms. The van der Waals surface area contributed by atoms with Gasteiger partial charge in [0.25, 0.3) is 11.5 Å². The monoisotopic (exact) mass is 632 g/mol. The van der Waals surface area contributed by atoms with Gasteiger partial charge in [-0.3, -0.25) is 14.2 Å². The normalized spacial score (nSPS) is 16.9. The molecule has 1 aliphatic heterocycles. The zero-order valence-corrected chi connectivity index (χ0v) is 26.4. The van der Waals surface area contributed by atoms with Gasteiger partial charge in [0.05, 0.1) is 31.8 Å². The van der Waals surface area contributed by atoms with E-state index in [9.17, 15) is 19.5 Å². The Labute approximate surface area is 272 Å². The molecule has 3 atom stereocenters. The summed E-state index contributed by atoms with van der Waals surface area (Å²) in [7, 11) is 3.20. The van der Waals surface area contributed by atoms with Gasteiger partial charge in [-0.25, -0.2) is 4.79 Å². The van der Waals surface area contributed by atoms with Gasteiger partial charge in [0.2, 0.25) is 0 Å². The lowest BCUT2D eigenvalue weighted by Gasteiger charge is -2.42. The standard InChI is InChI=1S/C38H36N2O7/c1-25-24-39(37(44)40(35(25)42)36(43)26-10-6-4-7-11-26)33-23-22-32(47-33)34(41)38(27-12-8-5-9-13-27,28-14-18-30(45-2)19-15-28)29-16-20-31(46-3)21-17-29/h4-21,24,32-34,41H,22-23H2,1-3H3/t32-,33+,34?/m0/s1. The number of aryl methyl sites for hydroxylation is 1. The minimum atomic E-state index is -1.13. The smallest absolute Gasteiger partial charge is 0.340 e. The molecule has 0 amide bonds. The van der Waals surface area contributed by atoms with E-state index in [1.54, 1.807) is 51.5 Å². The number of hydrogen-bond donors (Lipinski definition) is 1. The molecule has 1 saturated heterocycles. The third-order valence-corrected chi connectivity index (χ3v) is 8.97. The molecule has 4 aromatic carbocycles. The van der Waals surface area contributed by atoms with E-state index < -0.39 is 41.0 Å². The molecule has 0 radical (unpaired) electrons. The van der Waals surface area contributed by atoms with Crippen molar-refractivity contribution in [1.82, 2.24) is 9.13 Å². The van der Waals surface area contributed by atoms with Crippen molar-refractivity contribution in [3.63, 3.8) is 0 Å². The molecule has 0 aliphatic carbocycles. The molecule has 47 heavy (non-hydrogen) atoms. The molecule has 9 nitrogen and oxygen atoms in total. The molecule has 2 heterocycles. The van der Waals surface area contributed by atoms with Crippen LogP contribution in [0.2, 0.25) is 0 Å². The summed E-state index contributed by atoms with van der Waals surface area (Å²) in [5.41, 5.74) is 0.305. The number of aliphatic hydroxyl groups excluding tert-OH is 1. The predicted octanol–water partition coefficient (Wildman–Crippen LogP) is 5.10. The van der Waals surface area contributed by atoms with Gasteiger partial charge in [0.1, 0.15) is 17.7 Å². The van der Waals surface area contributed by atoms with Gasteiger partial charge in [-0.05, 0) is 72.9 Å². The third kappa shape index (κ3) is 5.68. The quantitative estimate of drug-likeness (QED) is 0.225. The topological polar surface area (TPSA) is 109 Å². The molecule has 6 rings (SSSR count). The number of nitrogens with zero attached hydrogens (tertiary/aromatic N) is 2. The summed E-state index contributed by atoms with van der Waals surface area (Å²) in [5, 5.41) is 12.6. The first-order valence-electron chi connectivity index (χ1n) is 15.4. The van der Waals surface area contributed by atoms with Crippen LogP contribution in [0, 0.1) is 6.92 Å². The highest BCUT2D eigenvalue weighted by molar-refractivity contribution is 5.95. The molecule has 1 unspecified atom stereocenters. The summed E-state index contributed by atoms with van der Waals surface area (Å²) in [4.78, 5) is 40.1. The number of carbonyl (C=O) groups excluding carboxylic acids is 1. The lowest BCUT2D eigenvalue weighted by atomic mass is 9.64. The number of aromatic nitrogens is 2. The summed E-state index contributed by atoms with van der Waals surface area (Å²) in [6.45, 7) is 1.56. The van der Waals surface area contributed by atoms with E-state index in [0.29, 0.717) is 28.9 Å². The van der Waals surface area contributed by atoms with Gasteiger partial charge in [0.15, 0.2) is 0 Å². The Bertz CT molecular complexity index is 1920. The maximum Gasteiger partial charge on any atom is 0.340 e. The molecule has 1 aliphatic rings. The summed E-state index contributed by atoms with van der Waals surface area (Å²) in [5.74, 6) is 0.633. The first-order valence-corrected chi connectivity index (χ1v) is 15.4. The molecule has 240 valence electrons. The molecule has 0 spiro atoms. The van der Waals surface area contributed by atoms with Crippen molar-refractivity contribution in [2.75, 3.05) is 14.2 Å². The van der Waals surface area contributed by atoms with Crippen LogP contribution in [0.15, 0.2) is 125 Å². The fourth-order valence-corrected chi connectivity index (χ4v) is 6.57. The molecular weight excluding hydrogens is 596 g/mol. The maximum absolute atomic E-state index is 13.7. The Morgan fingerprint density at radius 1 is 0.787 bits per heavy atom. The fourth-order valence-electron chi connectivity index (χ4n) is 6.57. The van der Waals surface area contributed by atoms with Gasteiger partial charge in [-0.2, -0.15) is 4.57 Å². The van der Waals surface area contributed by atoms with Crippen LogP contribution >= 0.6 is 0 Å². The lowest BCUT2D eigenvalue weighted by Crippen LogP contribution is -2.49. The first-order chi connectivity index (χ1) is 22.8. The van der Waals surface area contributed by atoms with Crippen molar-refractivity contribution in [3.05, 3.63) is 164 Å².